The molecule has 1 aromatic heterocycles. The van der Waals surface area contributed by atoms with Crippen molar-refractivity contribution in [3.8, 4) is 0 Å². The van der Waals surface area contributed by atoms with Gasteiger partial charge in [0, 0.05) is 10.8 Å². The minimum Gasteiger partial charge on any atom is -0.469 e. The minimum atomic E-state index is -0.294. The van der Waals surface area contributed by atoms with E-state index < -0.39 is 0 Å². The van der Waals surface area contributed by atoms with E-state index in [0.717, 1.165) is 36.5 Å². The first-order valence-corrected chi connectivity index (χ1v) is 9.92. The highest BCUT2D eigenvalue weighted by Gasteiger charge is 2.28. The van der Waals surface area contributed by atoms with Crippen LogP contribution < -0.4 is 5.32 Å². The Hall–Kier alpha value is -1.36. The average Bonchev–Trinajstić information content (AvgIpc) is 3.14. The quantitative estimate of drug-likeness (QED) is 0.703. The molecule has 1 atom stereocenters. The SMILES string of the molecule is CCCCC1CCC(C(=O)NC(CC(=O)OC)c2cccs2)CC1. The van der Waals surface area contributed by atoms with Gasteiger partial charge in [0.05, 0.1) is 19.6 Å². The zero-order valence-corrected chi connectivity index (χ0v) is 15.6. The van der Waals surface area contributed by atoms with E-state index in [1.807, 2.05) is 17.5 Å². The smallest absolute Gasteiger partial charge is 0.307 e. The zero-order chi connectivity index (χ0) is 17.4. The van der Waals surface area contributed by atoms with Crippen LogP contribution in [0.1, 0.15) is 69.2 Å². The number of methoxy groups -OCH3 is 1. The largest absolute Gasteiger partial charge is 0.469 e. The molecule has 0 saturated heterocycles. The molecule has 5 heteroatoms. The molecule has 0 aliphatic heterocycles. The van der Waals surface area contributed by atoms with Crippen LogP contribution in [0.3, 0.4) is 0 Å². The highest BCUT2D eigenvalue weighted by molar-refractivity contribution is 7.10. The standard InChI is InChI=1S/C19H29NO3S/c1-3-4-6-14-8-10-15(11-9-14)19(22)20-16(13-18(21)23-2)17-7-5-12-24-17/h5,7,12,14-16H,3-4,6,8-11,13H2,1-2H3,(H,20,22). The van der Waals surface area contributed by atoms with E-state index >= 15 is 0 Å². The first kappa shape index (κ1) is 19.0. The van der Waals surface area contributed by atoms with E-state index in [2.05, 4.69) is 12.2 Å². The molecule has 0 radical (unpaired) electrons. The summed E-state index contributed by atoms with van der Waals surface area (Å²) in [5, 5.41) is 5.05. The van der Waals surface area contributed by atoms with Gasteiger partial charge in [0.15, 0.2) is 0 Å². The van der Waals surface area contributed by atoms with E-state index in [1.165, 1.54) is 26.4 Å². The fourth-order valence-corrected chi connectivity index (χ4v) is 4.24. The maximum absolute atomic E-state index is 12.6. The number of nitrogens with one attached hydrogen (secondary N) is 1. The number of unbranched alkanes of at least 4 members (excludes halogenated alkanes) is 1. The van der Waals surface area contributed by atoms with Crippen molar-refractivity contribution in [3.05, 3.63) is 22.4 Å². The molecule has 1 saturated carbocycles. The van der Waals surface area contributed by atoms with Crippen molar-refractivity contribution in [3.63, 3.8) is 0 Å². The third kappa shape index (κ3) is 5.62. The Morgan fingerprint density at radius 1 is 1.33 bits per heavy atom. The molecular formula is C19H29NO3S. The summed E-state index contributed by atoms with van der Waals surface area (Å²) in [4.78, 5) is 25.3. The first-order valence-electron chi connectivity index (χ1n) is 9.04. The first-order chi connectivity index (χ1) is 11.6. The maximum atomic E-state index is 12.6. The molecule has 24 heavy (non-hydrogen) atoms. The van der Waals surface area contributed by atoms with Gasteiger partial charge in [-0.05, 0) is 43.0 Å². The Kier molecular flexibility index (Phi) is 7.76. The number of carbonyl (C=O) groups is 2. The lowest BCUT2D eigenvalue weighted by Gasteiger charge is -2.29. The molecule has 134 valence electrons. The van der Waals surface area contributed by atoms with Crippen LogP contribution in [0.15, 0.2) is 17.5 Å². The predicted molar refractivity (Wildman–Crippen MR) is 96.8 cm³/mol. The lowest BCUT2D eigenvalue weighted by molar-refractivity contribution is -0.141. The number of rotatable bonds is 8. The fourth-order valence-electron chi connectivity index (χ4n) is 3.46. The van der Waals surface area contributed by atoms with Gasteiger partial charge in [0.1, 0.15) is 0 Å². The van der Waals surface area contributed by atoms with Crippen LogP contribution >= 0.6 is 11.3 Å². The van der Waals surface area contributed by atoms with Crippen molar-refractivity contribution >= 4 is 23.2 Å². The zero-order valence-electron chi connectivity index (χ0n) is 14.8. The molecule has 0 spiro atoms. The Labute approximate surface area is 149 Å². The number of carbonyl (C=O) groups excluding carboxylic acids is 2. The molecule has 2 rings (SSSR count). The van der Waals surface area contributed by atoms with Gasteiger partial charge in [-0.2, -0.15) is 0 Å². The minimum absolute atomic E-state index is 0.0861. The Bertz CT molecular complexity index is 507. The number of amides is 1. The number of hydrogen-bond donors (Lipinski definition) is 1. The van der Waals surface area contributed by atoms with Crippen molar-refractivity contribution in [1.29, 1.82) is 0 Å². The predicted octanol–water partition coefficient (Wildman–Crippen LogP) is 4.47. The molecule has 1 aromatic rings. The number of hydrogen-bond acceptors (Lipinski definition) is 4. The van der Waals surface area contributed by atoms with Crippen molar-refractivity contribution < 1.29 is 14.3 Å². The maximum Gasteiger partial charge on any atom is 0.307 e. The van der Waals surface area contributed by atoms with Crippen LogP contribution in [0, 0.1) is 11.8 Å². The van der Waals surface area contributed by atoms with Gasteiger partial charge in [-0.25, -0.2) is 0 Å². The second-order valence-electron chi connectivity index (χ2n) is 6.72. The van der Waals surface area contributed by atoms with E-state index in [4.69, 9.17) is 4.74 Å². The molecular weight excluding hydrogens is 322 g/mol. The van der Waals surface area contributed by atoms with E-state index in [-0.39, 0.29) is 30.3 Å². The van der Waals surface area contributed by atoms with Gasteiger partial charge in [-0.3, -0.25) is 9.59 Å². The summed E-state index contributed by atoms with van der Waals surface area (Å²) in [6.45, 7) is 2.23. The molecule has 1 unspecified atom stereocenters. The Morgan fingerprint density at radius 2 is 2.08 bits per heavy atom. The molecule has 1 aliphatic carbocycles. The van der Waals surface area contributed by atoms with Gasteiger partial charge in [-0.15, -0.1) is 11.3 Å². The van der Waals surface area contributed by atoms with Crippen LogP contribution in [-0.2, 0) is 14.3 Å². The molecule has 0 aromatic carbocycles. The molecule has 1 fully saturated rings. The van der Waals surface area contributed by atoms with Gasteiger partial charge < -0.3 is 10.1 Å². The Balaban J connectivity index is 1.88. The topological polar surface area (TPSA) is 55.4 Å². The molecule has 1 amide bonds. The summed E-state index contributed by atoms with van der Waals surface area (Å²) in [5.41, 5.74) is 0. The lowest BCUT2D eigenvalue weighted by atomic mass is 9.79. The molecule has 4 nitrogen and oxygen atoms in total. The van der Waals surface area contributed by atoms with Crippen molar-refractivity contribution in [1.82, 2.24) is 5.32 Å². The van der Waals surface area contributed by atoms with Crippen molar-refractivity contribution in [2.45, 2.75) is 64.3 Å². The van der Waals surface area contributed by atoms with Crippen LogP contribution in [0.25, 0.3) is 0 Å². The summed E-state index contributed by atoms with van der Waals surface area (Å²) in [6.07, 6.45) is 8.26. The fraction of sp³-hybridized carbons (Fsp3) is 0.684. The van der Waals surface area contributed by atoms with Gasteiger partial charge in [0.25, 0.3) is 0 Å². The van der Waals surface area contributed by atoms with E-state index in [9.17, 15) is 9.59 Å². The second kappa shape index (κ2) is 9.82. The monoisotopic (exact) mass is 351 g/mol. The van der Waals surface area contributed by atoms with Crippen molar-refractivity contribution in [2.24, 2.45) is 11.8 Å². The summed E-state index contributed by atoms with van der Waals surface area (Å²) in [6, 6.07) is 3.62. The molecule has 0 bridgehead atoms. The number of ether oxygens (including phenoxy) is 1. The van der Waals surface area contributed by atoms with Crippen LogP contribution in [0.2, 0.25) is 0 Å². The Morgan fingerprint density at radius 3 is 2.67 bits per heavy atom. The normalized spacial score (nSPS) is 21.9. The number of thiophene rings is 1. The van der Waals surface area contributed by atoms with Crippen LogP contribution in [0.5, 0.6) is 0 Å². The average molecular weight is 352 g/mol. The third-order valence-electron chi connectivity index (χ3n) is 4.99. The van der Waals surface area contributed by atoms with E-state index in [1.54, 1.807) is 11.3 Å². The summed E-state index contributed by atoms with van der Waals surface area (Å²) >= 11 is 1.56. The highest BCUT2D eigenvalue weighted by Crippen LogP contribution is 2.33. The van der Waals surface area contributed by atoms with Crippen LogP contribution in [0.4, 0.5) is 0 Å². The lowest BCUT2D eigenvalue weighted by Crippen LogP contribution is -2.36. The molecule has 1 heterocycles. The molecule has 1 aliphatic rings. The summed E-state index contributed by atoms with van der Waals surface area (Å²) in [7, 11) is 1.38. The highest BCUT2D eigenvalue weighted by atomic mass is 32.1. The van der Waals surface area contributed by atoms with Crippen LogP contribution in [-0.4, -0.2) is 19.0 Å². The molecule has 1 N–H and O–H groups in total. The van der Waals surface area contributed by atoms with E-state index in [0.29, 0.717) is 0 Å². The van der Waals surface area contributed by atoms with Gasteiger partial charge >= 0.3 is 5.97 Å². The van der Waals surface area contributed by atoms with Gasteiger partial charge in [0.2, 0.25) is 5.91 Å². The number of esters is 1. The third-order valence-corrected chi connectivity index (χ3v) is 5.97. The summed E-state index contributed by atoms with van der Waals surface area (Å²) < 4.78 is 4.77. The van der Waals surface area contributed by atoms with Gasteiger partial charge in [-0.1, -0.05) is 32.3 Å². The second-order valence-corrected chi connectivity index (χ2v) is 7.70. The van der Waals surface area contributed by atoms with Crippen molar-refractivity contribution in [2.75, 3.05) is 7.11 Å². The summed E-state index contributed by atoms with van der Waals surface area (Å²) in [5.74, 6) is 0.670.